The number of rotatable bonds is 2. The maximum absolute atomic E-state index is 12.3. The van der Waals surface area contributed by atoms with Crippen LogP contribution in [0.4, 0.5) is 0 Å². The van der Waals surface area contributed by atoms with Crippen LogP contribution >= 0.6 is 23.2 Å². The molecule has 3 rings (SSSR count). The van der Waals surface area contributed by atoms with Gasteiger partial charge in [-0.1, -0.05) is 29.3 Å². The van der Waals surface area contributed by atoms with Gasteiger partial charge in [-0.25, -0.2) is 15.8 Å². The number of aliphatic imine (C=N–C) groups is 1. The van der Waals surface area contributed by atoms with Crippen molar-refractivity contribution in [1.29, 1.82) is 0 Å². The third kappa shape index (κ3) is 3.53. The number of aromatic nitrogens is 1. The molecule has 2 aromatic rings. The predicted octanol–water partition coefficient (Wildman–Crippen LogP) is 2.23. The normalized spacial score (nSPS) is 15.1. The molecule has 0 radical (unpaired) electrons. The van der Waals surface area contributed by atoms with Crippen molar-refractivity contribution in [2.75, 3.05) is 0 Å². The van der Waals surface area contributed by atoms with Gasteiger partial charge in [0.05, 0.1) is 0 Å². The number of nitrogens with one attached hydrogen (secondary N) is 1. The lowest BCUT2D eigenvalue weighted by Gasteiger charge is -2.15. The van der Waals surface area contributed by atoms with Crippen molar-refractivity contribution < 1.29 is 9.59 Å². The highest BCUT2D eigenvalue weighted by Crippen LogP contribution is 2.27. The predicted molar refractivity (Wildman–Crippen MR) is 94.6 cm³/mol. The van der Waals surface area contributed by atoms with Crippen molar-refractivity contribution >= 4 is 47.1 Å². The van der Waals surface area contributed by atoms with Gasteiger partial charge in [0.25, 0.3) is 11.8 Å². The number of hydrogen-bond donors (Lipinski definition) is 2. The largest absolute Gasteiger partial charge is 0.289 e. The maximum atomic E-state index is 12.3. The van der Waals surface area contributed by atoms with Gasteiger partial charge in [-0.15, -0.1) is 0 Å². The van der Waals surface area contributed by atoms with E-state index in [1.807, 2.05) is 0 Å². The fourth-order valence-electron chi connectivity index (χ4n) is 2.09. The van der Waals surface area contributed by atoms with Crippen LogP contribution < -0.4 is 11.2 Å². The van der Waals surface area contributed by atoms with Crippen molar-refractivity contribution in [2.24, 2.45) is 10.8 Å². The number of benzene rings is 1. The van der Waals surface area contributed by atoms with E-state index in [2.05, 4.69) is 15.3 Å². The maximum Gasteiger partial charge on any atom is 0.276 e. The molecule has 1 aliphatic heterocycles. The monoisotopic (exact) mass is 375 g/mol. The molecule has 1 aliphatic rings. The number of hydrogen-bond acceptors (Lipinski definition) is 5. The molecule has 0 spiro atoms. The first-order chi connectivity index (χ1) is 12.0. The number of carbonyl (C=O) groups excluding carboxylic acids is 2. The van der Waals surface area contributed by atoms with Crippen molar-refractivity contribution in [3.05, 3.63) is 69.6 Å². The molecule has 0 aliphatic carbocycles. The van der Waals surface area contributed by atoms with Gasteiger partial charge in [-0.2, -0.15) is 0 Å². The first-order valence-corrected chi connectivity index (χ1v) is 7.78. The number of halogens is 2. The van der Waals surface area contributed by atoms with E-state index in [0.29, 0.717) is 21.2 Å². The van der Waals surface area contributed by atoms with Crippen molar-refractivity contribution in [3.63, 3.8) is 0 Å². The minimum atomic E-state index is -0.543. The van der Waals surface area contributed by atoms with Gasteiger partial charge < -0.3 is 0 Å². The average Bonchev–Trinajstić information content (AvgIpc) is 2.98. The molecule has 1 aromatic heterocycles. The zero-order valence-corrected chi connectivity index (χ0v) is 14.1. The Morgan fingerprint density at radius 3 is 2.44 bits per heavy atom. The molecule has 7 nitrogen and oxygen atoms in total. The zero-order valence-electron chi connectivity index (χ0n) is 12.6. The van der Waals surface area contributed by atoms with Crippen LogP contribution in [0.15, 0.2) is 53.4 Å². The van der Waals surface area contributed by atoms with E-state index in [1.165, 1.54) is 30.6 Å². The molecule has 25 heavy (non-hydrogen) atoms. The summed E-state index contributed by atoms with van der Waals surface area (Å²) >= 11 is 12.2. The zero-order chi connectivity index (χ0) is 18.0. The summed E-state index contributed by atoms with van der Waals surface area (Å²) in [6.07, 6.45) is 4.35. The third-order valence-corrected chi connectivity index (χ3v) is 4.00. The number of amides is 2. The summed E-state index contributed by atoms with van der Waals surface area (Å²) in [6.45, 7) is 0. The molecule has 0 saturated carbocycles. The topological polar surface area (TPSA) is 101 Å². The molecule has 0 bridgehead atoms. The van der Waals surface area contributed by atoms with Crippen LogP contribution in [0.3, 0.4) is 0 Å². The first kappa shape index (κ1) is 17.1. The van der Waals surface area contributed by atoms with E-state index < -0.39 is 11.8 Å². The van der Waals surface area contributed by atoms with E-state index >= 15 is 0 Å². The lowest BCUT2D eigenvalue weighted by atomic mass is 10.2. The van der Waals surface area contributed by atoms with Gasteiger partial charge in [0.15, 0.2) is 0 Å². The molecule has 3 N–H and O–H groups in total. The van der Waals surface area contributed by atoms with Crippen LogP contribution in [-0.2, 0) is 4.79 Å². The number of hydrazine groups is 1. The van der Waals surface area contributed by atoms with Gasteiger partial charge in [0.1, 0.15) is 5.70 Å². The summed E-state index contributed by atoms with van der Waals surface area (Å²) in [5.41, 5.74) is 0.786. The average molecular weight is 376 g/mol. The number of nitrogens with two attached hydrogens (primary N) is 1. The molecule has 1 aromatic carbocycles. The lowest BCUT2D eigenvalue weighted by Crippen LogP contribution is -2.48. The summed E-state index contributed by atoms with van der Waals surface area (Å²) < 4.78 is 0. The highest BCUT2D eigenvalue weighted by Gasteiger charge is 2.27. The number of guanidine groups is 1. The SMILES string of the molecule is NN(C(=O)c1ccncc1)C1=N/C(=C\c2c(Cl)cccc2Cl)C(=O)N1. The highest BCUT2D eigenvalue weighted by molar-refractivity contribution is 6.37. The standard InChI is InChI=1S/C16H11Cl2N5O2/c17-11-2-1-3-12(18)10(11)8-13-14(24)22-16(21-13)23(19)15(25)9-4-6-20-7-5-9/h1-8H,19H2,(H,21,22,24)/b13-8-. The van der Waals surface area contributed by atoms with E-state index in [4.69, 9.17) is 29.0 Å². The van der Waals surface area contributed by atoms with Crippen LogP contribution in [0.5, 0.6) is 0 Å². The first-order valence-electron chi connectivity index (χ1n) is 7.02. The quantitative estimate of drug-likeness (QED) is 0.363. The minimum absolute atomic E-state index is 0.0305. The Kier molecular flexibility index (Phi) is 4.80. The molecule has 0 fully saturated rings. The van der Waals surface area contributed by atoms with E-state index in [1.54, 1.807) is 18.2 Å². The van der Waals surface area contributed by atoms with E-state index in [9.17, 15) is 9.59 Å². The molecule has 9 heteroatoms. The minimum Gasteiger partial charge on any atom is -0.289 e. The number of pyridine rings is 1. The second-order valence-corrected chi connectivity index (χ2v) is 5.78. The molecule has 126 valence electrons. The summed E-state index contributed by atoms with van der Waals surface area (Å²) in [5.74, 6) is 4.61. The fourth-order valence-corrected chi connectivity index (χ4v) is 2.59. The van der Waals surface area contributed by atoms with Gasteiger partial charge in [0, 0.05) is 33.6 Å². The van der Waals surface area contributed by atoms with Crippen molar-refractivity contribution in [2.45, 2.75) is 0 Å². The molecule has 0 saturated heterocycles. The van der Waals surface area contributed by atoms with Crippen molar-refractivity contribution in [1.82, 2.24) is 15.3 Å². The number of carbonyl (C=O) groups is 2. The highest BCUT2D eigenvalue weighted by atomic mass is 35.5. The third-order valence-electron chi connectivity index (χ3n) is 3.34. The molecular formula is C16H11Cl2N5O2. The Morgan fingerprint density at radius 1 is 1.16 bits per heavy atom. The Morgan fingerprint density at radius 2 is 1.80 bits per heavy atom. The summed E-state index contributed by atoms with van der Waals surface area (Å²) in [4.78, 5) is 32.3. The van der Waals surface area contributed by atoms with Crippen LogP contribution in [0.25, 0.3) is 6.08 Å². The molecule has 2 heterocycles. The summed E-state index contributed by atoms with van der Waals surface area (Å²) in [6, 6.07) is 7.96. The van der Waals surface area contributed by atoms with Crippen LogP contribution in [0.2, 0.25) is 10.0 Å². The van der Waals surface area contributed by atoms with Crippen LogP contribution in [-0.4, -0.2) is 27.8 Å². The fraction of sp³-hybridized carbons (Fsp3) is 0. The molecule has 0 unspecified atom stereocenters. The van der Waals surface area contributed by atoms with Crippen molar-refractivity contribution in [3.8, 4) is 0 Å². The van der Waals surface area contributed by atoms with Crippen LogP contribution in [0, 0.1) is 0 Å². The Bertz CT molecular complexity index is 892. The summed E-state index contributed by atoms with van der Waals surface area (Å²) in [7, 11) is 0. The van der Waals surface area contributed by atoms with E-state index in [-0.39, 0.29) is 11.7 Å². The van der Waals surface area contributed by atoms with Crippen LogP contribution in [0.1, 0.15) is 15.9 Å². The second kappa shape index (κ2) is 7.02. The Labute approximate surface area is 152 Å². The lowest BCUT2D eigenvalue weighted by molar-refractivity contribution is -0.115. The molecule has 2 amide bonds. The van der Waals surface area contributed by atoms with Gasteiger partial charge >= 0.3 is 0 Å². The molecule has 0 atom stereocenters. The Balaban J connectivity index is 1.90. The van der Waals surface area contributed by atoms with Gasteiger partial charge in [-0.05, 0) is 30.3 Å². The number of nitrogens with zero attached hydrogens (tertiary/aromatic N) is 3. The van der Waals surface area contributed by atoms with Gasteiger partial charge in [0.2, 0.25) is 5.96 Å². The Hall–Kier alpha value is -2.74. The smallest absolute Gasteiger partial charge is 0.276 e. The van der Waals surface area contributed by atoms with Gasteiger partial charge in [-0.3, -0.25) is 19.9 Å². The molecular weight excluding hydrogens is 365 g/mol. The second-order valence-electron chi connectivity index (χ2n) is 4.97. The van der Waals surface area contributed by atoms with E-state index in [0.717, 1.165) is 5.01 Å². The summed E-state index contributed by atoms with van der Waals surface area (Å²) in [5, 5.41) is 3.93.